The topological polar surface area (TPSA) is 63.4 Å². The first-order valence-electron chi connectivity index (χ1n) is 7.33. The Morgan fingerprint density at radius 3 is 2.48 bits per heavy atom. The normalized spacial score (nSPS) is 13.6. The number of hydrogen-bond acceptors (Lipinski definition) is 3. The van der Waals surface area contributed by atoms with E-state index in [0.717, 1.165) is 24.8 Å². The van der Waals surface area contributed by atoms with Crippen LogP contribution >= 0.6 is 11.6 Å². The summed E-state index contributed by atoms with van der Waals surface area (Å²) in [5.41, 5.74) is 7.08. The first-order chi connectivity index (χ1) is 9.75. The third kappa shape index (κ3) is 4.11. The van der Waals surface area contributed by atoms with Gasteiger partial charge in [0.15, 0.2) is 0 Å². The highest BCUT2D eigenvalue weighted by atomic mass is 35.5. The smallest absolute Gasteiger partial charge is 0.244 e. The summed E-state index contributed by atoms with van der Waals surface area (Å²) in [6.07, 6.45) is 2.51. The molecule has 0 saturated heterocycles. The molecule has 0 aromatic heterocycles. The van der Waals surface area contributed by atoms with Gasteiger partial charge in [-0.3, -0.25) is 0 Å². The Bertz CT molecular complexity index is 588. The van der Waals surface area contributed by atoms with Crippen LogP contribution in [0.5, 0.6) is 0 Å². The lowest BCUT2D eigenvalue weighted by Crippen LogP contribution is -2.39. The maximum Gasteiger partial charge on any atom is 0.244 e. The van der Waals surface area contributed by atoms with Crippen molar-refractivity contribution >= 4 is 27.3 Å². The Morgan fingerprint density at radius 2 is 1.95 bits per heavy atom. The van der Waals surface area contributed by atoms with Gasteiger partial charge in [0.05, 0.1) is 5.02 Å². The molecular formula is C15H25ClN2O2S. The number of unbranched alkanes of at least 4 members (excludes halogenated alkanes) is 1. The summed E-state index contributed by atoms with van der Waals surface area (Å²) in [6.45, 7) is 8.24. The van der Waals surface area contributed by atoms with Crippen LogP contribution in [0, 0.1) is 6.92 Å². The molecule has 1 unspecified atom stereocenters. The molecule has 1 aromatic carbocycles. The molecule has 120 valence electrons. The highest BCUT2D eigenvalue weighted by Crippen LogP contribution is 2.30. The van der Waals surface area contributed by atoms with Crippen molar-refractivity contribution in [1.29, 1.82) is 0 Å². The lowest BCUT2D eigenvalue weighted by atomic mass is 10.2. The number of hydrogen-bond donors (Lipinski definition) is 1. The van der Waals surface area contributed by atoms with E-state index in [1.54, 1.807) is 13.0 Å². The van der Waals surface area contributed by atoms with Crippen molar-refractivity contribution in [2.75, 3.05) is 12.3 Å². The van der Waals surface area contributed by atoms with Gasteiger partial charge in [-0.1, -0.05) is 31.9 Å². The second kappa shape index (κ2) is 7.47. The van der Waals surface area contributed by atoms with E-state index in [4.69, 9.17) is 17.3 Å². The number of nitrogens with two attached hydrogens (primary N) is 1. The first kappa shape index (κ1) is 18.3. The van der Waals surface area contributed by atoms with Crippen LogP contribution in [0.15, 0.2) is 17.0 Å². The average Bonchev–Trinajstić information content (AvgIpc) is 2.42. The van der Waals surface area contributed by atoms with Gasteiger partial charge in [-0.05, 0) is 44.4 Å². The maximum atomic E-state index is 12.9. The van der Waals surface area contributed by atoms with Gasteiger partial charge >= 0.3 is 0 Å². The molecule has 2 N–H and O–H groups in total. The molecule has 0 amide bonds. The van der Waals surface area contributed by atoms with Crippen molar-refractivity contribution in [2.45, 2.75) is 57.9 Å². The fraction of sp³-hybridized carbons (Fsp3) is 0.600. The molecular weight excluding hydrogens is 308 g/mol. The van der Waals surface area contributed by atoms with Crippen LogP contribution in [0.3, 0.4) is 0 Å². The number of nitrogen functional groups attached to an aromatic ring is 1. The number of nitrogens with zero attached hydrogens (tertiary/aromatic N) is 1. The van der Waals surface area contributed by atoms with E-state index in [9.17, 15) is 8.42 Å². The highest BCUT2D eigenvalue weighted by Gasteiger charge is 2.30. The molecule has 4 nitrogen and oxygen atoms in total. The minimum atomic E-state index is -3.63. The third-order valence-electron chi connectivity index (χ3n) is 3.72. The summed E-state index contributed by atoms with van der Waals surface area (Å²) in [6, 6.07) is 3.01. The Morgan fingerprint density at radius 1 is 1.33 bits per heavy atom. The fourth-order valence-electron chi connectivity index (χ4n) is 2.09. The van der Waals surface area contributed by atoms with Gasteiger partial charge in [0.25, 0.3) is 0 Å². The van der Waals surface area contributed by atoms with E-state index in [2.05, 4.69) is 0 Å². The largest absolute Gasteiger partial charge is 0.398 e. The maximum absolute atomic E-state index is 12.9. The van der Waals surface area contributed by atoms with Crippen LogP contribution in [0.1, 0.15) is 45.6 Å². The zero-order chi connectivity index (χ0) is 16.2. The minimum Gasteiger partial charge on any atom is -0.398 e. The van der Waals surface area contributed by atoms with Gasteiger partial charge in [0, 0.05) is 18.3 Å². The molecule has 0 aliphatic heterocycles. The zero-order valence-corrected chi connectivity index (χ0v) is 14.8. The Balaban J connectivity index is 3.31. The van der Waals surface area contributed by atoms with Gasteiger partial charge < -0.3 is 5.73 Å². The number of anilines is 1. The molecule has 1 aromatic rings. The molecule has 0 spiro atoms. The van der Waals surface area contributed by atoms with Crippen LogP contribution < -0.4 is 5.73 Å². The summed E-state index contributed by atoms with van der Waals surface area (Å²) >= 11 is 6.15. The van der Waals surface area contributed by atoms with Crippen molar-refractivity contribution in [3.63, 3.8) is 0 Å². The lowest BCUT2D eigenvalue weighted by Gasteiger charge is -2.28. The number of benzene rings is 1. The van der Waals surface area contributed by atoms with Crippen molar-refractivity contribution in [1.82, 2.24) is 4.31 Å². The Labute approximate surface area is 133 Å². The molecule has 21 heavy (non-hydrogen) atoms. The zero-order valence-electron chi connectivity index (χ0n) is 13.2. The predicted molar refractivity (Wildman–Crippen MR) is 89.2 cm³/mol. The van der Waals surface area contributed by atoms with E-state index >= 15 is 0 Å². The van der Waals surface area contributed by atoms with Gasteiger partial charge in [0.2, 0.25) is 10.0 Å². The Hall–Kier alpha value is -0.780. The van der Waals surface area contributed by atoms with E-state index in [1.807, 2.05) is 20.8 Å². The van der Waals surface area contributed by atoms with Gasteiger partial charge in [-0.2, -0.15) is 4.31 Å². The van der Waals surface area contributed by atoms with Crippen molar-refractivity contribution < 1.29 is 8.42 Å². The molecule has 0 heterocycles. The van der Waals surface area contributed by atoms with Crippen LogP contribution in [0.25, 0.3) is 0 Å². The molecule has 0 radical (unpaired) electrons. The van der Waals surface area contributed by atoms with Crippen LogP contribution in [-0.4, -0.2) is 25.3 Å². The van der Waals surface area contributed by atoms with Crippen LogP contribution in [-0.2, 0) is 10.0 Å². The lowest BCUT2D eigenvalue weighted by molar-refractivity contribution is 0.324. The SMILES string of the molecule is CCCCN(C(C)CC)S(=O)(=O)c1cc(N)c(C)cc1Cl. The van der Waals surface area contributed by atoms with E-state index in [0.29, 0.717) is 12.2 Å². The first-order valence-corrected chi connectivity index (χ1v) is 9.14. The third-order valence-corrected chi connectivity index (χ3v) is 6.20. The van der Waals surface area contributed by atoms with Crippen LogP contribution in [0.4, 0.5) is 5.69 Å². The summed E-state index contributed by atoms with van der Waals surface area (Å²) in [4.78, 5) is 0.101. The van der Waals surface area contributed by atoms with Crippen LogP contribution in [0.2, 0.25) is 5.02 Å². The second-order valence-electron chi connectivity index (χ2n) is 5.37. The molecule has 6 heteroatoms. The summed E-state index contributed by atoms with van der Waals surface area (Å²) < 4.78 is 27.4. The van der Waals surface area contributed by atoms with Gasteiger partial charge in [-0.25, -0.2) is 8.42 Å². The molecule has 1 atom stereocenters. The number of aryl methyl sites for hydroxylation is 1. The number of sulfonamides is 1. The average molecular weight is 333 g/mol. The quantitative estimate of drug-likeness (QED) is 0.772. The standard InChI is InChI=1S/C15H25ClN2O2S/c1-5-7-8-18(12(4)6-2)21(19,20)15-10-14(17)11(3)9-13(15)16/h9-10,12H,5-8,17H2,1-4H3. The molecule has 0 saturated carbocycles. The second-order valence-corrected chi connectivity index (χ2v) is 7.63. The van der Waals surface area contributed by atoms with Crippen molar-refractivity contribution in [3.05, 3.63) is 22.7 Å². The minimum absolute atomic E-state index is 0.0693. The molecule has 0 bridgehead atoms. The van der Waals surface area contributed by atoms with Gasteiger partial charge in [-0.15, -0.1) is 0 Å². The predicted octanol–water partition coefficient (Wildman–Crippen LogP) is 3.82. The molecule has 0 fully saturated rings. The van der Waals surface area contributed by atoms with Gasteiger partial charge in [0.1, 0.15) is 4.90 Å². The van der Waals surface area contributed by atoms with E-state index < -0.39 is 10.0 Å². The summed E-state index contributed by atoms with van der Waals surface area (Å²) in [7, 11) is -3.63. The molecule has 1 rings (SSSR count). The number of rotatable bonds is 7. The van der Waals surface area contributed by atoms with Crippen molar-refractivity contribution in [2.24, 2.45) is 0 Å². The summed E-state index contributed by atoms with van der Waals surface area (Å²) in [5.74, 6) is 0. The molecule has 0 aliphatic carbocycles. The van der Waals surface area contributed by atoms with Crippen molar-refractivity contribution in [3.8, 4) is 0 Å². The van der Waals surface area contributed by atoms with E-state index in [-0.39, 0.29) is 16.0 Å². The Kier molecular flexibility index (Phi) is 6.50. The molecule has 0 aliphatic rings. The monoisotopic (exact) mass is 332 g/mol. The van der Waals surface area contributed by atoms with E-state index in [1.165, 1.54) is 10.4 Å². The summed E-state index contributed by atoms with van der Waals surface area (Å²) in [5, 5.41) is 0.228. The number of halogens is 1. The highest BCUT2D eigenvalue weighted by molar-refractivity contribution is 7.89. The fourth-order valence-corrected chi connectivity index (χ4v) is 4.42.